The van der Waals surface area contributed by atoms with E-state index in [1.165, 1.54) is 48.2 Å². The van der Waals surface area contributed by atoms with Crippen molar-refractivity contribution in [1.82, 2.24) is 19.5 Å². The van der Waals surface area contributed by atoms with Gasteiger partial charge in [0.25, 0.3) is 0 Å². The molecule has 1 saturated carbocycles. The van der Waals surface area contributed by atoms with Crippen molar-refractivity contribution in [1.29, 1.82) is 0 Å². The summed E-state index contributed by atoms with van der Waals surface area (Å²) in [4.78, 5) is 13.9. The van der Waals surface area contributed by atoms with E-state index in [1.54, 1.807) is 6.20 Å². The Bertz CT molecular complexity index is 2060. The summed E-state index contributed by atoms with van der Waals surface area (Å²) >= 11 is 0. The van der Waals surface area contributed by atoms with Crippen LogP contribution in [0, 0.1) is 18.1 Å². The second kappa shape index (κ2) is 14.9. The smallest absolute Gasteiger partial charge is 0.135 e. The van der Waals surface area contributed by atoms with Crippen molar-refractivity contribution in [3.05, 3.63) is 139 Å². The van der Waals surface area contributed by atoms with Crippen molar-refractivity contribution in [2.45, 2.75) is 51.7 Å². The average Bonchev–Trinajstić information content (AvgIpc) is 3.75. The summed E-state index contributed by atoms with van der Waals surface area (Å²) in [7, 11) is -1.47. The molecule has 6 heteroatoms. The Morgan fingerprint density at radius 2 is 1.50 bits per heavy atom. The van der Waals surface area contributed by atoms with Crippen LogP contribution in [0.2, 0.25) is 19.6 Å². The number of rotatable bonds is 6. The van der Waals surface area contributed by atoms with Gasteiger partial charge in [0.05, 0.1) is 8.07 Å². The first-order valence-electron chi connectivity index (χ1n) is 16.7. The van der Waals surface area contributed by atoms with Crippen LogP contribution in [-0.4, -0.2) is 27.6 Å². The van der Waals surface area contributed by atoms with Crippen LogP contribution in [0.4, 0.5) is 0 Å². The summed E-state index contributed by atoms with van der Waals surface area (Å²) < 4.78 is 2.23. The van der Waals surface area contributed by atoms with E-state index in [-0.39, 0.29) is 20.1 Å². The third-order valence-electron chi connectivity index (χ3n) is 9.18. The van der Waals surface area contributed by atoms with E-state index in [2.05, 4.69) is 96.1 Å². The molecular weight excluding hydrogens is 781 g/mol. The molecule has 8 rings (SSSR count). The van der Waals surface area contributed by atoms with Gasteiger partial charge in [-0.1, -0.05) is 98.7 Å². The molecule has 0 aliphatic heterocycles. The van der Waals surface area contributed by atoms with Gasteiger partial charge in [-0.2, -0.15) is 0 Å². The number of pyridine rings is 3. The SMILES string of the molecule is C[Si](C)(C)c1cnc(-c2[c-]cc3c(c2)c2cccnc2n3-c2ccccc2)cc1CC1CCCC1.[Ir].[c-]1ccccc1-c1ccccn1. The quantitative estimate of drug-likeness (QED) is 0.124. The van der Waals surface area contributed by atoms with Gasteiger partial charge in [0.1, 0.15) is 5.65 Å². The molecule has 48 heavy (non-hydrogen) atoms. The zero-order chi connectivity index (χ0) is 32.2. The van der Waals surface area contributed by atoms with Crippen LogP contribution in [-0.2, 0) is 26.5 Å². The third kappa shape index (κ3) is 7.27. The largest absolute Gasteiger partial charge is 0.335 e. The zero-order valence-corrected chi connectivity index (χ0v) is 31.2. The molecule has 1 fully saturated rings. The summed E-state index contributed by atoms with van der Waals surface area (Å²) in [6, 6.07) is 41.8. The fourth-order valence-electron chi connectivity index (χ4n) is 6.86. The molecule has 0 spiro atoms. The Labute approximate surface area is 298 Å². The summed E-state index contributed by atoms with van der Waals surface area (Å²) in [6.45, 7) is 7.31. The minimum atomic E-state index is -1.47. The molecule has 0 unspecified atom stereocenters. The van der Waals surface area contributed by atoms with Crippen LogP contribution in [0.5, 0.6) is 0 Å². The van der Waals surface area contributed by atoms with E-state index in [0.29, 0.717) is 0 Å². The molecule has 7 aromatic rings. The fourth-order valence-corrected chi connectivity index (χ4v) is 8.45. The van der Waals surface area contributed by atoms with Crippen molar-refractivity contribution in [3.63, 3.8) is 0 Å². The summed E-state index contributed by atoms with van der Waals surface area (Å²) in [5.41, 5.74) is 8.83. The third-order valence-corrected chi connectivity index (χ3v) is 11.2. The van der Waals surface area contributed by atoms with Crippen LogP contribution in [0.25, 0.3) is 50.1 Å². The molecule has 1 aliphatic rings. The normalized spacial score (nSPS) is 13.2. The van der Waals surface area contributed by atoms with Crippen LogP contribution in [0.1, 0.15) is 31.2 Å². The van der Waals surface area contributed by atoms with Crippen LogP contribution in [0.15, 0.2) is 122 Å². The first kappa shape index (κ1) is 33.7. The maximum atomic E-state index is 4.98. The van der Waals surface area contributed by atoms with Crippen LogP contribution >= 0.6 is 0 Å². The van der Waals surface area contributed by atoms with Gasteiger partial charge in [-0.05, 0) is 58.7 Å². The molecule has 0 saturated heterocycles. The van der Waals surface area contributed by atoms with Gasteiger partial charge >= 0.3 is 0 Å². The van der Waals surface area contributed by atoms with E-state index < -0.39 is 8.07 Å². The Kier molecular flexibility index (Phi) is 10.5. The van der Waals surface area contributed by atoms with Crippen molar-refractivity contribution < 1.29 is 20.1 Å². The molecule has 1 radical (unpaired) electrons. The molecule has 0 atom stereocenters. The molecule has 4 aromatic heterocycles. The van der Waals surface area contributed by atoms with Crippen molar-refractivity contribution in [3.8, 4) is 28.2 Å². The predicted molar refractivity (Wildman–Crippen MR) is 198 cm³/mol. The number of aromatic nitrogens is 4. The molecule has 0 N–H and O–H groups in total. The standard InChI is InChI=1S/C31H32N3Si.C11H8N.Ir/c1-35(2,3)30-21-33-28(20-24(30)18-22-10-7-8-11-22)23-15-16-29-27(19-23)26-14-9-17-32-31(26)34(29)25-12-5-4-6-13-25;1-2-6-10(7-3-1)11-8-4-5-9-12-11;/h4-6,9,12-14,16-17,19-22H,7-8,10-11,18H2,1-3H3;1-6,8-9H;/q2*-1;. The molecule has 3 aromatic carbocycles. The van der Waals surface area contributed by atoms with Gasteiger partial charge in [0.15, 0.2) is 0 Å². The molecule has 0 bridgehead atoms. The van der Waals surface area contributed by atoms with Crippen LogP contribution < -0.4 is 5.19 Å². The molecule has 1 aliphatic carbocycles. The Morgan fingerprint density at radius 3 is 2.23 bits per heavy atom. The molecular formula is C42H40IrN4Si-2. The second-order valence-corrected chi connectivity index (χ2v) is 18.6. The fraction of sp³-hybridized carbons (Fsp3) is 0.214. The number of hydrogen-bond acceptors (Lipinski definition) is 3. The minimum Gasteiger partial charge on any atom is -0.335 e. The van der Waals surface area contributed by atoms with E-state index in [0.717, 1.165) is 50.7 Å². The first-order chi connectivity index (χ1) is 23.0. The number of para-hydroxylation sites is 1. The Morgan fingerprint density at radius 1 is 0.729 bits per heavy atom. The molecule has 0 amide bonds. The monoisotopic (exact) mass is 821 g/mol. The first-order valence-corrected chi connectivity index (χ1v) is 20.2. The minimum absolute atomic E-state index is 0. The number of hydrogen-bond donors (Lipinski definition) is 0. The maximum Gasteiger partial charge on any atom is 0.135 e. The van der Waals surface area contributed by atoms with Crippen molar-refractivity contribution in [2.75, 3.05) is 0 Å². The van der Waals surface area contributed by atoms with E-state index >= 15 is 0 Å². The second-order valence-electron chi connectivity index (χ2n) is 13.5. The maximum absolute atomic E-state index is 4.98. The molecule has 4 heterocycles. The van der Waals surface area contributed by atoms with Gasteiger partial charge in [0, 0.05) is 49.8 Å². The van der Waals surface area contributed by atoms with Gasteiger partial charge < -0.3 is 14.5 Å². The van der Waals surface area contributed by atoms with Gasteiger partial charge in [0.2, 0.25) is 0 Å². The van der Waals surface area contributed by atoms with Gasteiger partial charge in [-0.25, -0.2) is 4.98 Å². The van der Waals surface area contributed by atoms with Gasteiger partial charge in [-0.15, -0.1) is 59.7 Å². The Hall–Kier alpha value is -4.22. The van der Waals surface area contributed by atoms with Crippen molar-refractivity contribution >= 4 is 35.2 Å². The number of fused-ring (bicyclic) bond motifs is 3. The average molecular weight is 821 g/mol. The van der Waals surface area contributed by atoms with Crippen LogP contribution in [0.3, 0.4) is 0 Å². The van der Waals surface area contributed by atoms with E-state index in [9.17, 15) is 0 Å². The van der Waals surface area contributed by atoms with E-state index in [4.69, 9.17) is 9.97 Å². The predicted octanol–water partition coefficient (Wildman–Crippen LogP) is 9.87. The summed E-state index contributed by atoms with van der Waals surface area (Å²) in [5.74, 6) is 0.821. The zero-order valence-electron chi connectivity index (χ0n) is 27.8. The molecule has 243 valence electrons. The van der Waals surface area contributed by atoms with Crippen molar-refractivity contribution in [2.24, 2.45) is 5.92 Å². The number of nitrogens with zero attached hydrogens (tertiary/aromatic N) is 4. The summed E-state index contributed by atoms with van der Waals surface area (Å²) in [6.07, 6.45) is 12.5. The topological polar surface area (TPSA) is 43.6 Å². The number of benzene rings is 3. The summed E-state index contributed by atoms with van der Waals surface area (Å²) in [5, 5.41) is 3.87. The van der Waals surface area contributed by atoms with E-state index in [1.807, 2.05) is 60.8 Å². The van der Waals surface area contributed by atoms with Gasteiger partial charge in [-0.3, -0.25) is 0 Å². The molecule has 4 nitrogen and oxygen atoms in total. The Balaban J connectivity index is 0.000000260.